The van der Waals surface area contributed by atoms with Crippen LogP contribution in [-0.2, 0) is 6.54 Å². The van der Waals surface area contributed by atoms with Gasteiger partial charge in [-0.3, -0.25) is 30.6 Å². The Hall–Kier alpha value is -3.68. The third-order valence-corrected chi connectivity index (χ3v) is 4.20. The maximum absolute atomic E-state index is 12.6. The molecule has 2 aromatic carbocycles. The normalized spacial score (nSPS) is 10.8. The van der Waals surface area contributed by atoms with Gasteiger partial charge in [0, 0.05) is 41.3 Å². The molecule has 2 amide bonds. The zero-order valence-corrected chi connectivity index (χ0v) is 15.5. The third-order valence-electron chi connectivity index (χ3n) is 4.20. The number of para-hydroxylation sites is 1. The van der Waals surface area contributed by atoms with E-state index in [0.717, 1.165) is 23.5 Å². The number of hydrazine groups is 1. The van der Waals surface area contributed by atoms with E-state index in [9.17, 15) is 19.7 Å². The van der Waals surface area contributed by atoms with Crippen LogP contribution in [0.1, 0.15) is 34.6 Å². The molecule has 0 unspecified atom stereocenters. The molecule has 1 heterocycles. The summed E-state index contributed by atoms with van der Waals surface area (Å²) in [6.07, 6.45) is 1.76. The SMILES string of the molecule is CC(C)Cn1cc(C(=O)NNC(=O)c2cccc([N+](=O)[O-])c2)c2ccccc21. The van der Waals surface area contributed by atoms with E-state index in [1.807, 2.05) is 28.8 Å². The number of non-ortho nitro benzene ring substituents is 1. The molecule has 0 aliphatic rings. The summed E-state index contributed by atoms with van der Waals surface area (Å²) >= 11 is 0. The van der Waals surface area contributed by atoms with Crippen molar-refractivity contribution in [2.45, 2.75) is 20.4 Å². The largest absolute Gasteiger partial charge is 0.346 e. The van der Waals surface area contributed by atoms with E-state index in [0.29, 0.717) is 11.5 Å². The van der Waals surface area contributed by atoms with Gasteiger partial charge in [0.25, 0.3) is 17.5 Å². The second-order valence-corrected chi connectivity index (χ2v) is 6.82. The van der Waals surface area contributed by atoms with Crippen molar-refractivity contribution in [2.24, 2.45) is 5.92 Å². The molecule has 8 heteroatoms. The number of carbonyl (C=O) groups excluding carboxylic acids is 2. The number of hydrogen-bond acceptors (Lipinski definition) is 4. The molecule has 0 fully saturated rings. The first-order chi connectivity index (χ1) is 13.4. The van der Waals surface area contributed by atoms with E-state index < -0.39 is 16.7 Å². The second-order valence-electron chi connectivity index (χ2n) is 6.82. The number of nitrogens with zero attached hydrogens (tertiary/aromatic N) is 2. The van der Waals surface area contributed by atoms with Crippen molar-refractivity contribution in [2.75, 3.05) is 0 Å². The van der Waals surface area contributed by atoms with Crippen LogP contribution in [0.25, 0.3) is 10.9 Å². The van der Waals surface area contributed by atoms with Crippen molar-refractivity contribution < 1.29 is 14.5 Å². The zero-order chi connectivity index (χ0) is 20.3. The fourth-order valence-corrected chi connectivity index (χ4v) is 2.99. The van der Waals surface area contributed by atoms with Gasteiger partial charge in [-0.15, -0.1) is 0 Å². The predicted octanol–water partition coefficient (Wildman–Crippen LogP) is 3.28. The fraction of sp³-hybridized carbons (Fsp3) is 0.200. The minimum atomic E-state index is -0.636. The van der Waals surface area contributed by atoms with Gasteiger partial charge in [-0.2, -0.15) is 0 Å². The molecule has 0 bridgehead atoms. The quantitative estimate of drug-likeness (QED) is 0.523. The molecule has 3 rings (SSSR count). The minimum Gasteiger partial charge on any atom is -0.346 e. The Morgan fingerprint density at radius 2 is 1.79 bits per heavy atom. The van der Waals surface area contributed by atoms with Crippen molar-refractivity contribution in [3.05, 3.63) is 76.0 Å². The summed E-state index contributed by atoms with van der Waals surface area (Å²) < 4.78 is 2.01. The van der Waals surface area contributed by atoms with Crippen LogP contribution in [0.4, 0.5) is 5.69 Å². The number of nitro benzene ring substituents is 1. The topological polar surface area (TPSA) is 106 Å². The molecule has 0 saturated heterocycles. The van der Waals surface area contributed by atoms with Crippen LogP contribution in [0.5, 0.6) is 0 Å². The molecular weight excluding hydrogens is 360 g/mol. The average molecular weight is 380 g/mol. The lowest BCUT2D eigenvalue weighted by Gasteiger charge is -2.07. The molecule has 0 spiro atoms. The predicted molar refractivity (Wildman–Crippen MR) is 105 cm³/mol. The monoisotopic (exact) mass is 380 g/mol. The highest BCUT2D eigenvalue weighted by molar-refractivity contribution is 6.08. The van der Waals surface area contributed by atoms with Gasteiger partial charge in [0.15, 0.2) is 0 Å². The molecule has 0 saturated carbocycles. The van der Waals surface area contributed by atoms with Crippen molar-refractivity contribution in [1.82, 2.24) is 15.4 Å². The van der Waals surface area contributed by atoms with Gasteiger partial charge in [-0.1, -0.05) is 38.1 Å². The van der Waals surface area contributed by atoms with E-state index in [1.54, 1.807) is 6.20 Å². The van der Waals surface area contributed by atoms with E-state index in [4.69, 9.17) is 0 Å². The van der Waals surface area contributed by atoms with Crippen molar-refractivity contribution in [3.8, 4) is 0 Å². The maximum atomic E-state index is 12.6. The number of nitrogens with one attached hydrogen (secondary N) is 2. The van der Waals surface area contributed by atoms with E-state index in [1.165, 1.54) is 18.2 Å². The van der Waals surface area contributed by atoms with Gasteiger partial charge < -0.3 is 4.57 Å². The first-order valence-electron chi connectivity index (χ1n) is 8.80. The first kappa shape index (κ1) is 19.1. The van der Waals surface area contributed by atoms with E-state index in [2.05, 4.69) is 24.7 Å². The van der Waals surface area contributed by atoms with Crippen molar-refractivity contribution in [3.63, 3.8) is 0 Å². The second kappa shape index (κ2) is 7.91. The molecule has 2 N–H and O–H groups in total. The molecule has 0 aliphatic carbocycles. The highest BCUT2D eigenvalue weighted by atomic mass is 16.6. The smallest absolute Gasteiger partial charge is 0.271 e. The molecule has 0 atom stereocenters. The molecule has 1 aromatic heterocycles. The summed E-state index contributed by atoms with van der Waals surface area (Å²) in [5.41, 5.74) is 5.95. The number of carbonyl (C=O) groups is 2. The summed E-state index contributed by atoms with van der Waals surface area (Å²) in [5, 5.41) is 11.6. The number of benzene rings is 2. The number of nitro groups is 1. The highest BCUT2D eigenvalue weighted by Gasteiger charge is 2.17. The van der Waals surface area contributed by atoms with Crippen LogP contribution in [0.3, 0.4) is 0 Å². The molecular formula is C20H20N4O4. The Kier molecular flexibility index (Phi) is 5.39. The third kappa shape index (κ3) is 4.01. The standard InChI is InChI=1S/C20H20N4O4/c1-13(2)11-23-12-17(16-8-3-4-9-18(16)23)20(26)22-21-19(25)14-6-5-7-15(10-14)24(27)28/h3-10,12-13H,11H2,1-2H3,(H,21,25)(H,22,26). The number of amides is 2. The number of hydrogen-bond donors (Lipinski definition) is 2. The Bertz CT molecular complexity index is 1060. The molecule has 3 aromatic rings. The molecule has 0 aliphatic heterocycles. The Labute approximate surface area is 161 Å². The number of aromatic nitrogens is 1. The lowest BCUT2D eigenvalue weighted by molar-refractivity contribution is -0.384. The lowest BCUT2D eigenvalue weighted by atomic mass is 10.1. The molecule has 144 valence electrons. The van der Waals surface area contributed by atoms with Gasteiger partial charge in [0.2, 0.25) is 0 Å². The van der Waals surface area contributed by atoms with E-state index in [-0.39, 0.29) is 11.3 Å². The van der Waals surface area contributed by atoms with Crippen LogP contribution in [0.2, 0.25) is 0 Å². The summed E-state index contributed by atoms with van der Waals surface area (Å²) in [6, 6.07) is 12.8. The van der Waals surface area contributed by atoms with Crippen LogP contribution >= 0.6 is 0 Å². The Balaban J connectivity index is 1.77. The van der Waals surface area contributed by atoms with Crippen LogP contribution in [-0.4, -0.2) is 21.3 Å². The first-order valence-corrected chi connectivity index (χ1v) is 8.80. The summed E-state index contributed by atoms with van der Waals surface area (Å²) in [4.78, 5) is 35.1. The zero-order valence-electron chi connectivity index (χ0n) is 15.5. The maximum Gasteiger partial charge on any atom is 0.271 e. The molecule has 8 nitrogen and oxygen atoms in total. The number of rotatable bonds is 5. The van der Waals surface area contributed by atoms with Crippen LogP contribution in [0.15, 0.2) is 54.7 Å². The van der Waals surface area contributed by atoms with Crippen molar-refractivity contribution in [1.29, 1.82) is 0 Å². The van der Waals surface area contributed by atoms with Gasteiger partial charge in [0.1, 0.15) is 0 Å². The highest BCUT2D eigenvalue weighted by Crippen LogP contribution is 2.22. The summed E-state index contributed by atoms with van der Waals surface area (Å²) in [5.74, 6) is -0.694. The van der Waals surface area contributed by atoms with E-state index >= 15 is 0 Å². The van der Waals surface area contributed by atoms with Gasteiger partial charge in [-0.25, -0.2) is 0 Å². The molecule has 0 radical (unpaired) electrons. The van der Waals surface area contributed by atoms with Gasteiger partial charge >= 0.3 is 0 Å². The van der Waals surface area contributed by atoms with Gasteiger partial charge in [0.05, 0.1) is 10.5 Å². The fourth-order valence-electron chi connectivity index (χ4n) is 2.99. The summed E-state index contributed by atoms with van der Waals surface area (Å²) in [6.45, 7) is 4.94. The van der Waals surface area contributed by atoms with Crippen LogP contribution in [0, 0.1) is 16.0 Å². The van der Waals surface area contributed by atoms with Crippen LogP contribution < -0.4 is 10.9 Å². The minimum absolute atomic E-state index is 0.0803. The van der Waals surface area contributed by atoms with Gasteiger partial charge in [-0.05, 0) is 18.1 Å². The van der Waals surface area contributed by atoms with Crippen molar-refractivity contribution >= 4 is 28.4 Å². The Morgan fingerprint density at radius 1 is 1.07 bits per heavy atom. The average Bonchev–Trinajstić information content (AvgIpc) is 3.04. The summed E-state index contributed by atoms with van der Waals surface area (Å²) in [7, 11) is 0. The Morgan fingerprint density at radius 3 is 2.50 bits per heavy atom. The molecule has 28 heavy (non-hydrogen) atoms. The lowest BCUT2D eigenvalue weighted by Crippen LogP contribution is -2.41. The number of fused-ring (bicyclic) bond motifs is 1.